The van der Waals surface area contributed by atoms with Crippen molar-refractivity contribution in [2.75, 3.05) is 13.1 Å². The molecular formula is C13H10F3N3O3. The van der Waals surface area contributed by atoms with Crippen LogP contribution in [0.3, 0.4) is 0 Å². The summed E-state index contributed by atoms with van der Waals surface area (Å²) < 4.78 is 41.4. The van der Waals surface area contributed by atoms with Gasteiger partial charge in [0.1, 0.15) is 0 Å². The zero-order chi connectivity index (χ0) is 15.9. The van der Waals surface area contributed by atoms with Crippen molar-refractivity contribution in [1.29, 1.82) is 0 Å². The molecule has 1 aliphatic heterocycles. The topological polar surface area (TPSA) is 79.5 Å². The van der Waals surface area contributed by atoms with Crippen molar-refractivity contribution in [3.63, 3.8) is 0 Å². The number of hydrogen-bond acceptors (Lipinski definition) is 4. The summed E-state index contributed by atoms with van der Waals surface area (Å²) in [5.74, 6) is -1.43. The largest absolute Gasteiger partial charge is 0.471 e. The summed E-state index contributed by atoms with van der Waals surface area (Å²) in [6.45, 7) is 0.824. The highest BCUT2D eigenvalue weighted by Crippen LogP contribution is 2.31. The first-order chi connectivity index (χ1) is 10.3. The zero-order valence-corrected chi connectivity index (χ0v) is 11.0. The Balaban J connectivity index is 1.72. The molecule has 9 heteroatoms. The van der Waals surface area contributed by atoms with Crippen LogP contribution in [0.5, 0.6) is 0 Å². The molecule has 2 aromatic rings. The number of likely N-dealkylation sites (tertiary alicyclic amines) is 1. The van der Waals surface area contributed by atoms with E-state index in [2.05, 4.69) is 14.7 Å². The van der Waals surface area contributed by atoms with Crippen molar-refractivity contribution >= 4 is 6.09 Å². The number of hydrogen-bond donors (Lipinski definition) is 1. The molecule has 0 bridgehead atoms. The predicted molar refractivity (Wildman–Crippen MR) is 67.1 cm³/mol. The van der Waals surface area contributed by atoms with Crippen LogP contribution in [0.25, 0.3) is 11.4 Å². The molecule has 1 aromatic carbocycles. The molecule has 1 saturated heterocycles. The van der Waals surface area contributed by atoms with E-state index in [1.165, 1.54) is 4.90 Å². The zero-order valence-electron chi connectivity index (χ0n) is 11.0. The van der Waals surface area contributed by atoms with Crippen molar-refractivity contribution < 1.29 is 27.6 Å². The van der Waals surface area contributed by atoms with Crippen LogP contribution in [0.15, 0.2) is 28.8 Å². The Morgan fingerprint density at radius 3 is 2.41 bits per heavy atom. The van der Waals surface area contributed by atoms with Crippen LogP contribution >= 0.6 is 0 Å². The molecule has 3 rings (SSSR count). The van der Waals surface area contributed by atoms with Gasteiger partial charge in [0, 0.05) is 24.6 Å². The van der Waals surface area contributed by atoms with Gasteiger partial charge in [0.15, 0.2) is 0 Å². The van der Waals surface area contributed by atoms with E-state index in [0.717, 1.165) is 5.56 Å². The Kier molecular flexibility index (Phi) is 3.27. The molecule has 2 heterocycles. The van der Waals surface area contributed by atoms with Gasteiger partial charge >= 0.3 is 18.2 Å². The predicted octanol–water partition coefficient (Wildman–Crippen LogP) is 2.83. The van der Waals surface area contributed by atoms with Crippen molar-refractivity contribution in [3.05, 3.63) is 35.7 Å². The van der Waals surface area contributed by atoms with E-state index in [-0.39, 0.29) is 11.7 Å². The lowest BCUT2D eigenvalue weighted by Gasteiger charge is -2.37. The number of alkyl halides is 3. The quantitative estimate of drug-likeness (QED) is 0.922. The average molecular weight is 313 g/mol. The van der Waals surface area contributed by atoms with E-state index in [1.54, 1.807) is 24.3 Å². The van der Waals surface area contributed by atoms with Gasteiger partial charge in [-0.1, -0.05) is 29.4 Å². The van der Waals surface area contributed by atoms with Gasteiger partial charge in [0.2, 0.25) is 5.82 Å². The molecule has 0 spiro atoms. The Morgan fingerprint density at radius 1 is 1.27 bits per heavy atom. The number of halogens is 3. The second kappa shape index (κ2) is 5.00. The second-order valence-corrected chi connectivity index (χ2v) is 4.93. The Hall–Kier alpha value is -2.58. The van der Waals surface area contributed by atoms with E-state index in [0.29, 0.717) is 18.7 Å². The Bertz CT molecular complexity index is 691. The van der Waals surface area contributed by atoms with Crippen LogP contribution in [0.2, 0.25) is 0 Å². The molecule has 0 saturated carbocycles. The molecule has 1 fully saturated rings. The van der Waals surface area contributed by atoms with Gasteiger partial charge in [0.05, 0.1) is 0 Å². The van der Waals surface area contributed by atoms with Gasteiger partial charge in [-0.15, -0.1) is 0 Å². The lowest BCUT2D eigenvalue weighted by Crippen LogP contribution is -2.47. The molecule has 1 aliphatic rings. The van der Waals surface area contributed by atoms with E-state index in [4.69, 9.17) is 5.11 Å². The molecule has 1 aromatic heterocycles. The van der Waals surface area contributed by atoms with Crippen LogP contribution in [-0.2, 0) is 6.18 Å². The van der Waals surface area contributed by atoms with Gasteiger partial charge in [-0.05, 0) is 5.56 Å². The molecule has 22 heavy (non-hydrogen) atoms. The minimum atomic E-state index is -4.67. The Morgan fingerprint density at radius 2 is 1.91 bits per heavy atom. The number of rotatable bonds is 2. The number of carbonyl (C=O) groups is 1. The summed E-state index contributed by atoms with van der Waals surface area (Å²) in [5, 5.41) is 12.1. The number of aromatic nitrogens is 2. The summed E-state index contributed by atoms with van der Waals surface area (Å²) >= 11 is 0. The summed E-state index contributed by atoms with van der Waals surface area (Å²) in [5.41, 5.74) is 1.32. The maximum Gasteiger partial charge on any atom is 0.471 e. The van der Waals surface area contributed by atoms with Gasteiger partial charge < -0.3 is 14.5 Å². The summed E-state index contributed by atoms with van der Waals surface area (Å²) in [7, 11) is 0. The van der Waals surface area contributed by atoms with Crippen molar-refractivity contribution in [2.24, 2.45) is 0 Å². The molecule has 6 nitrogen and oxygen atoms in total. The molecular weight excluding hydrogens is 303 g/mol. The average Bonchev–Trinajstić information content (AvgIpc) is 2.86. The fourth-order valence-electron chi connectivity index (χ4n) is 2.21. The highest BCUT2D eigenvalue weighted by Gasteiger charge is 2.38. The second-order valence-electron chi connectivity index (χ2n) is 4.93. The van der Waals surface area contributed by atoms with Crippen LogP contribution in [-0.4, -0.2) is 39.3 Å². The van der Waals surface area contributed by atoms with Crippen LogP contribution in [0.4, 0.5) is 18.0 Å². The van der Waals surface area contributed by atoms with Crippen LogP contribution in [0, 0.1) is 0 Å². The summed E-state index contributed by atoms with van der Waals surface area (Å²) in [6, 6.07) is 6.62. The Labute approximate surface area is 122 Å². The molecule has 116 valence electrons. The van der Waals surface area contributed by atoms with E-state index >= 15 is 0 Å². The lowest BCUT2D eigenvalue weighted by atomic mass is 9.91. The smallest absolute Gasteiger partial charge is 0.465 e. The van der Waals surface area contributed by atoms with Gasteiger partial charge in [-0.3, -0.25) is 0 Å². The fraction of sp³-hybridized carbons (Fsp3) is 0.308. The number of carboxylic acid groups (broad SMARTS) is 1. The van der Waals surface area contributed by atoms with Gasteiger partial charge in [-0.25, -0.2) is 4.79 Å². The lowest BCUT2D eigenvalue weighted by molar-refractivity contribution is -0.159. The molecule has 0 aliphatic carbocycles. The van der Waals surface area contributed by atoms with E-state index < -0.39 is 18.2 Å². The summed E-state index contributed by atoms with van der Waals surface area (Å²) in [6.07, 6.45) is -5.63. The highest BCUT2D eigenvalue weighted by molar-refractivity contribution is 5.66. The van der Waals surface area contributed by atoms with Crippen LogP contribution in [0.1, 0.15) is 17.4 Å². The first-order valence-corrected chi connectivity index (χ1v) is 6.33. The SMILES string of the molecule is O=C(O)N1CC(c2ccc(-c3noc(C(F)(F)F)n3)cc2)C1. The van der Waals surface area contributed by atoms with Crippen molar-refractivity contribution in [3.8, 4) is 11.4 Å². The molecule has 0 unspecified atom stereocenters. The van der Waals surface area contributed by atoms with Crippen LogP contribution < -0.4 is 0 Å². The molecule has 0 radical (unpaired) electrons. The van der Waals surface area contributed by atoms with E-state index in [9.17, 15) is 18.0 Å². The highest BCUT2D eigenvalue weighted by atomic mass is 19.4. The molecule has 0 atom stereocenters. The fourth-order valence-corrected chi connectivity index (χ4v) is 2.21. The minimum Gasteiger partial charge on any atom is -0.465 e. The summed E-state index contributed by atoms with van der Waals surface area (Å²) in [4.78, 5) is 15.3. The van der Waals surface area contributed by atoms with E-state index in [1.807, 2.05) is 0 Å². The van der Waals surface area contributed by atoms with Gasteiger partial charge in [0.25, 0.3) is 0 Å². The minimum absolute atomic E-state index is 0.0983. The molecule has 1 amide bonds. The maximum atomic E-state index is 12.4. The number of nitrogens with zero attached hydrogens (tertiary/aromatic N) is 3. The monoisotopic (exact) mass is 313 g/mol. The normalized spacial score (nSPS) is 15.7. The third-order valence-electron chi connectivity index (χ3n) is 3.46. The van der Waals surface area contributed by atoms with Crippen molar-refractivity contribution in [1.82, 2.24) is 15.0 Å². The standard InChI is InChI=1S/C13H10F3N3O3/c14-13(15,16)11-17-10(18-22-11)8-3-1-7(2-4-8)9-5-19(6-9)12(20)21/h1-4,9H,5-6H2,(H,20,21). The first kappa shape index (κ1) is 14.4. The first-order valence-electron chi connectivity index (χ1n) is 6.33. The van der Waals surface area contributed by atoms with Gasteiger partial charge in [-0.2, -0.15) is 18.2 Å². The maximum absolute atomic E-state index is 12.4. The number of amides is 1. The number of benzene rings is 1. The molecule has 1 N–H and O–H groups in total. The van der Waals surface area contributed by atoms with Crippen molar-refractivity contribution in [2.45, 2.75) is 12.1 Å². The third-order valence-corrected chi connectivity index (χ3v) is 3.46. The third kappa shape index (κ3) is 2.61.